The second-order valence-electron chi connectivity index (χ2n) is 10.4. The fourth-order valence-electron chi connectivity index (χ4n) is 5.30. The number of anilines is 2. The molecule has 6 rings (SSSR count). The van der Waals surface area contributed by atoms with Crippen LogP contribution in [0.2, 0.25) is 0 Å². The van der Waals surface area contributed by atoms with Gasteiger partial charge in [-0.2, -0.15) is 5.10 Å². The molecule has 0 aliphatic carbocycles. The SMILES string of the molecule is Cc1ncc(NC(=O)CN2CC(N3CCCCC3)C2)cc1NC(=O)c1nnn2cc(-c3cnn(C)c3)ccc12. The molecule has 0 aromatic carbocycles. The summed E-state index contributed by atoms with van der Waals surface area (Å²) in [7, 11) is 1.86. The highest BCUT2D eigenvalue weighted by Crippen LogP contribution is 2.23. The van der Waals surface area contributed by atoms with Gasteiger partial charge in [-0.1, -0.05) is 17.7 Å². The molecule has 2 amide bonds. The minimum atomic E-state index is -0.406. The number of hydrogen-bond acceptors (Lipinski definition) is 8. The number of amides is 2. The molecular weight excluding hydrogens is 496 g/mol. The van der Waals surface area contributed by atoms with Gasteiger partial charge in [-0.25, -0.2) is 4.52 Å². The van der Waals surface area contributed by atoms with Crippen molar-refractivity contribution in [1.82, 2.24) is 39.4 Å². The maximum Gasteiger partial charge on any atom is 0.278 e. The predicted molar refractivity (Wildman–Crippen MR) is 146 cm³/mol. The molecule has 2 N–H and O–H groups in total. The van der Waals surface area contributed by atoms with Gasteiger partial charge in [0.25, 0.3) is 5.91 Å². The van der Waals surface area contributed by atoms with E-state index in [0.29, 0.717) is 35.2 Å². The third-order valence-electron chi connectivity index (χ3n) is 7.50. The fourth-order valence-corrected chi connectivity index (χ4v) is 5.30. The van der Waals surface area contributed by atoms with Crippen molar-refractivity contribution >= 4 is 28.7 Å². The molecule has 6 heterocycles. The van der Waals surface area contributed by atoms with Crippen molar-refractivity contribution in [2.75, 3.05) is 43.4 Å². The molecule has 12 heteroatoms. The Morgan fingerprint density at radius 2 is 1.85 bits per heavy atom. The lowest BCUT2D eigenvalue weighted by Crippen LogP contribution is -2.61. The number of carbonyl (C=O) groups is 2. The minimum Gasteiger partial charge on any atom is -0.324 e. The molecule has 202 valence electrons. The van der Waals surface area contributed by atoms with Gasteiger partial charge in [0.15, 0.2) is 5.69 Å². The van der Waals surface area contributed by atoms with Crippen LogP contribution >= 0.6 is 0 Å². The van der Waals surface area contributed by atoms with Gasteiger partial charge in [-0.05, 0) is 45.0 Å². The molecule has 4 aromatic rings. The fraction of sp³-hybridized carbons (Fsp3) is 0.407. The number of nitrogens with one attached hydrogen (secondary N) is 2. The molecule has 2 saturated heterocycles. The lowest BCUT2D eigenvalue weighted by atomic mass is 10.0. The van der Waals surface area contributed by atoms with E-state index >= 15 is 0 Å². The number of nitrogens with zero attached hydrogens (tertiary/aromatic N) is 8. The topological polar surface area (TPSA) is 126 Å². The molecule has 0 bridgehead atoms. The maximum absolute atomic E-state index is 13.1. The van der Waals surface area contributed by atoms with Crippen LogP contribution in [0, 0.1) is 6.92 Å². The number of rotatable bonds is 7. The Bertz CT molecular complexity index is 1510. The number of pyridine rings is 2. The highest BCUT2D eigenvalue weighted by atomic mass is 16.2. The van der Waals surface area contributed by atoms with Crippen LogP contribution < -0.4 is 10.6 Å². The predicted octanol–water partition coefficient (Wildman–Crippen LogP) is 2.19. The van der Waals surface area contributed by atoms with Crippen LogP contribution in [-0.2, 0) is 11.8 Å². The van der Waals surface area contributed by atoms with E-state index < -0.39 is 5.91 Å². The molecule has 0 radical (unpaired) electrons. The average molecular weight is 529 g/mol. The van der Waals surface area contributed by atoms with Crippen LogP contribution in [0.15, 0.2) is 43.0 Å². The van der Waals surface area contributed by atoms with Crippen molar-refractivity contribution in [3.63, 3.8) is 0 Å². The first-order valence-corrected chi connectivity index (χ1v) is 13.3. The Morgan fingerprint density at radius 1 is 1.03 bits per heavy atom. The van der Waals surface area contributed by atoms with Gasteiger partial charge in [-0.15, -0.1) is 5.10 Å². The Balaban J connectivity index is 1.08. The van der Waals surface area contributed by atoms with E-state index in [1.165, 1.54) is 32.4 Å². The first-order chi connectivity index (χ1) is 18.9. The summed E-state index contributed by atoms with van der Waals surface area (Å²) in [4.78, 5) is 34.9. The normalized spacial score (nSPS) is 16.8. The summed E-state index contributed by atoms with van der Waals surface area (Å²) in [6.45, 7) is 6.34. The summed E-state index contributed by atoms with van der Waals surface area (Å²) < 4.78 is 3.30. The standard InChI is InChI=1S/C27H32N10O2/c1-18-23(10-21(12-28-18)30-25(38)17-35-15-22(16-35)36-8-4-3-5-9-36)31-27(39)26-24-7-6-19(14-37(24)33-32-26)20-11-29-34(2)13-20/h6-7,10-14,22H,3-5,8-9,15-17H2,1-2H3,(H,30,38)(H,31,39). The van der Waals surface area contributed by atoms with Gasteiger partial charge in [0.1, 0.15) is 0 Å². The Labute approximate surface area is 226 Å². The number of aryl methyl sites for hydroxylation is 2. The van der Waals surface area contributed by atoms with E-state index in [9.17, 15) is 9.59 Å². The molecular formula is C27H32N10O2. The summed E-state index contributed by atoms with van der Waals surface area (Å²) in [5.74, 6) is -0.499. The van der Waals surface area contributed by atoms with E-state index in [2.05, 4.69) is 40.8 Å². The molecule has 0 unspecified atom stereocenters. The number of likely N-dealkylation sites (tertiary alicyclic amines) is 2. The van der Waals surface area contributed by atoms with Gasteiger partial charge in [0.05, 0.1) is 41.5 Å². The summed E-state index contributed by atoms with van der Waals surface area (Å²) in [6.07, 6.45) is 11.0. The molecule has 0 spiro atoms. The first kappa shape index (κ1) is 25.1. The van der Waals surface area contributed by atoms with E-state index in [0.717, 1.165) is 24.2 Å². The van der Waals surface area contributed by atoms with Crippen molar-refractivity contribution < 1.29 is 9.59 Å². The summed E-state index contributed by atoms with van der Waals surface area (Å²) in [6, 6.07) is 6.00. The number of piperidine rings is 1. The number of carbonyl (C=O) groups excluding carboxylic acids is 2. The first-order valence-electron chi connectivity index (χ1n) is 13.3. The van der Waals surface area contributed by atoms with E-state index in [4.69, 9.17) is 0 Å². The van der Waals surface area contributed by atoms with Crippen LogP contribution in [0.1, 0.15) is 35.4 Å². The monoisotopic (exact) mass is 528 g/mol. The van der Waals surface area contributed by atoms with Crippen molar-refractivity contribution in [3.8, 4) is 11.1 Å². The smallest absolute Gasteiger partial charge is 0.278 e. The van der Waals surface area contributed by atoms with Crippen molar-refractivity contribution in [2.45, 2.75) is 32.2 Å². The van der Waals surface area contributed by atoms with E-state index in [-0.39, 0.29) is 11.6 Å². The summed E-state index contributed by atoms with van der Waals surface area (Å²) >= 11 is 0. The van der Waals surface area contributed by atoms with Gasteiger partial charge in [-0.3, -0.25) is 29.1 Å². The number of hydrogen-bond donors (Lipinski definition) is 2. The number of fused-ring (bicyclic) bond motifs is 1. The molecule has 4 aromatic heterocycles. The highest BCUT2D eigenvalue weighted by molar-refractivity contribution is 6.08. The number of aromatic nitrogens is 6. The highest BCUT2D eigenvalue weighted by Gasteiger charge is 2.33. The van der Waals surface area contributed by atoms with E-state index in [1.807, 2.05) is 31.6 Å². The van der Waals surface area contributed by atoms with Crippen LogP contribution in [0.4, 0.5) is 11.4 Å². The Morgan fingerprint density at radius 3 is 2.62 bits per heavy atom. The lowest BCUT2D eigenvalue weighted by Gasteiger charge is -2.46. The third-order valence-corrected chi connectivity index (χ3v) is 7.50. The summed E-state index contributed by atoms with van der Waals surface area (Å²) in [5, 5.41) is 18.2. The zero-order chi connectivity index (χ0) is 26.9. The second kappa shape index (κ2) is 10.5. The molecule has 2 aliphatic heterocycles. The van der Waals surface area contributed by atoms with Gasteiger partial charge in [0, 0.05) is 49.7 Å². The zero-order valence-corrected chi connectivity index (χ0v) is 22.2. The lowest BCUT2D eigenvalue weighted by molar-refractivity contribution is -0.119. The maximum atomic E-state index is 13.1. The zero-order valence-electron chi connectivity index (χ0n) is 22.2. The molecule has 2 aliphatic rings. The quantitative estimate of drug-likeness (QED) is 0.374. The van der Waals surface area contributed by atoms with Gasteiger partial charge in [0.2, 0.25) is 5.91 Å². The van der Waals surface area contributed by atoms with Crippen molar-refractivity contribution in [1.29, 1.82) is 0 Å². The average Bonchev–Trinajstić information content (AvgIpc) is 3.54. The molecule has 39 heavy (non-hydrogen) atoms. The molecule has 2 fully saturated rings. The molecule has 0 atom stereocenters. The van der Waals surface area contributed by atoms with Crippen LogP contribution in [-0.4, -0.2) is 90.0 Å². The third kappa shape index (κ3) is 5.38. The summed E-state index contributed by atoms with van der Waals surface area (Å²) in [5.41, 5.74) is 4.29. The van der Waals surface area contributed by atoms with Crippen LogP contribution in [0.3, 0.4) is 0 Å². The van der Waals surface area contributed by atoms with Crippen LogP contribution in [0.25, 0.3) is 16.6 Å². The largest absolute Gasteiger partial charge is 0.324 e. The molecule has 0 saturated carbocycles. The van der Waals surface area contributed by atoms with Gasteiger partial charge < -0.3 is 10.6 Å². The van der Waals surface area contributed by atoms with E-state index in [1.54, 1.807) is 34.6 Å². The molecule has 12 nitrogen and oxygen atoms in total. The Hall–Kier alpha value is -4.16. The van der Waals surface area contributed by atoms with Gasteiger partial charge >= 0.3 is 0 Å². The second-order valence-corrected chi connectivity index (χ2v) is 10.4. The van der Waals surface area contributed by atoms with Crippen molar-refractivity contribution in [2.24, 2.45) is 7.05 Å². The van der Waals surface area contributed by atoms with Crippen molar-refractivity contribution in [3.05, 3.63) is 54.4 Å². The van der Waals surface area contributed by atoms with Crippen LogP contribution in [0.5, 0.6) is 0 Å². The Kier molecular flexibility index (Phi) is 6.79. The minimum absolute atomic E-state index is 0.0938.